The molecular weight excluding hydrogens is 248 g/mol. The smallest absolute Gasteiger partial charge is 0.230 e. The molecular formula is C12H20N4OS. The fourth-order valence-corrected chi connectivity index (χ4v) is 2.15. The molecule has 1 aromatic heterocycles. The van der Waals surface area contributed by atoms with E-state index in [1.165, 1.54) is 0 Å². The fraction of sp³-hybridized carbons (Fsp3) is 0.583. The number of aryl methyl sites for hydroxylation is 1. The number of rotatable bonds is 5. The number of carbonyl (C=O) groups excluding carboxylic acids is 1. The highest BCUT2D eigenvalue weighted by atomic mass is 32.1. The zero-order valence-corrected chi connectivity index (χ0v) is 12.0. The van der Waals surface area contributed by atoms with Crippen LogP contribution in [0.3, 0.4) is 0 Å². The van der Waals surface area contributed by atoms with Crippen molar-refractivity contribution in [2.45, 2.75) is 27.3 Å². The summed E-state index contributed by atoms with van der Waals surface area (Å²) in [5.41, 5.74) is 7.63. The zero-order chi connectivity index (χ0) is 13.9. The summed E-state index contributed by atoms with van der Waals surface area (Å²) in [5, 5.41) is 6.98. The predicted molar refractivity (Wildman–Crippen MR) is 74.9 cm³/mol. The average Bonchev–Trinajstić information content (AvgIpc) is 2.56. The molecule has 1 aromatic rings. The molecule has 100 valence electrons. The molecule has 1 heterocycles. The second-order valence-electron chi connectivity index (χ2n) is 4.72. The minimum absolute atomic E-state index is 0.0949. The van der Waals surface area contributed by atoms with Crippen molar-refractivity contribution in [3.63, 3.8) is 0 Å². The van der Waals surface area contributed by atoms with E-state index in [0.29, 0.717) is 6.54 Å². The summed E-state index contributed by atoms with van der Waals surface area (Å²) in [4.78, 5) is 12.3. The number of amides is 1. The molecule has 3 N–H and O–H groups in total. The molecule has 6 heteroatoms. The molecule has 1 atom stereocenters. The van der Waals surface area contributed by atoms with Crippen molar-refractivity contribution in [2.24, 2.45) is 24.6 Å². The van der Waals surface area contributed by atoms with Gasteiger partial charge in [-0.2, -0.15) is 5.10 Å². The van der Waals surface area contributed by atoms with Gasteiger partial charge in [0, 0.05) is 24.8 Å². The first kappa shape index (κ1) is 14.6. The third-order valence-electron chi connectivity index (χ3n) is 3.05. The molecule has 1 rings (SSSR count). The molecule has 1 unspecified atom stereocenters. The molecule has 0 aromatic carbocycles. The number of carbonyl (C=O) groups is 1. The lowest BCUT2D eigenvalue weighted by Crippen LogP contribution is -2.40. The van der Waals surface area contributed by atoms with Gasteiger partial charge in [0.05, 0.1) is 17.1 Å². The number of thiocarbonyl (C=S) groups is 1. The average molecular weight is 268 g/mol. The van der Waals surface area contributed by atoms with Crippen LogP contribution in [0.15, 0.2) is 6.20 Å². The number of nitrogens with two attached hydrogens (primary N) is 1. The van der Waals surface area contributed by atoms with Gasteiger partial charge in [0.15, 0.2) is 0 Å². The number of aromatic nitrogens is 2. The fourth-order valence-electron chi connectivity index (χ4n) is 1.77. The van der Waals surface area contributed by atoms with E-state index < -0.39 is 5.92 Å². The van der Waals surface area contributed by atoms with Crippen LogP contribution in [-0.4, -0.2) is 20.7 Å². The van der Waals surface area contributed by atoms with Gasteiger partial charge in [-0.1, -0.05) is 26.1 Å². The lowest BCUT2D eigenvalue weighted by atomic mass is 9.95. The first-order chi connectivity index (χ1) is 8.34. The van der Waals surface area contributed by atoms with E-state index in [1.54, 1.807) is 10.9 Å². The summed E-state index contributed by atoms with van der Waals surface area (Å²) >= 11 is 4.93. The highest BCUT2D eigenvalue weighted by Gasteiger charge is 2.24. The standard InChI is InChI=1S/C12H20N4OS/c1-7(2)10(11(13)18)12(17)14-5-9-6-15-16(4)8(9)3/h6-7,10H,5H2,1-4H3,(H2,13,18)(H,14,17). The van der Waals surface area contributed by atoms with Gasteiger partial charge in [-0.25, -0.2) is 0 Å². The highest BCUT2D eigenvalue weighted by molar-refractivity contribution is 7.80. The van der Waals surface area contributed by atoms with Crippen LogP contribution in [0, 0.1) is 18.8 Å². The monoisotopic (exact) mass is 268 g/mol. The Morgan fingerprint density at radius 3 is 2.61 bits per heavy atom. The minimum Gasteiger partial charge on any atom is -0.393 e. The Kier molecular flexibility index (Phi) is 4.84. The van der Waals surface area contributed by atoms with E-state index in [9.17, 15) is 4.79 Å². The third-order valence-corrected chi connectivity index (χ3v) is 3.30. The molecule has 0 bridgehead atoms. The maximum atomic E-state index is 12.0. The van der Waals surface area contributed by atoms with Gasteiger partial charge in [-0.15, -0.1) is 0 Å². The maximum Gasteiger partial charge on any atom is 0.230 e. The molecule has 5 nitrogen and oxygen atoms in total. The van der Waals surface area contributed by atoms with Crippen molar-refractivity contribution in [1.82, 2.24) is 15.1 Å². The topological polar surface area (TPSA) is 72.9 Å². The first-order valence-electron chi connectivity index (χ1n) is 5.89. The van der Waals surface area contributed by atoms with E-state index in [1.807, 2.05) is 27.8 Å². The van der Waals surface area contributed by atoms with Crippen molar-refractivity contribution < 1.29 is 4.79 Å². The van der Waals surface area contributed by atoms with Crippen LogP contribution < -0.4 is 11.1 Å². The molecule has 18 heavy (non-hydrogen) atoms. The highest BCUT2D eigenvalue weighted by Crippen LogP contribution is 2.12. The summed E-state index contributed by atoms with van der Waals surface area (Å²) in [6.45, 7) is 6.27. The number of hydrogen-bond acceptors (Lipinski definition) is 3. The summed E-state index contributed by atoms with van der Waals surface area (Å²) in [6.07, 6.45) is 1.75. The largest absolute Gasteiger partial charge is 0.393 e. The quantitative estimate of drug-likeness (QED) is 0.778. The molecule has 0 spiro atoms. The van der Waals surface area contributed by atoms with E-state index in [0.717, 1.165) is 11.3 Å². The Morgan fingerprint density at radius 1 is 1.61 bits per heavy atom. The van der Waals surface area contributed by atoms with Crippen molar-refractivity contribution in [2.75, 3.05) is 0 Å². The number of hydrogen-bond donors (Lipinski definition) is 2. The van der Waals surface area contributed by atoms with Crippen LogP contribution in [0.5, 0.6) is 0 Å². The van der Waals surface area contributed by atoms with Crippen LogP contribution in [0.4, 0.5) is 0 Å². The van der Waals surface area contributed by atoms with E-state index in [-0.39, 0.29) is 16.8 Å². The Labute approximate surface area is 113 Å². The summed E-state index contributed by atoms with van der Waals surface area (Å²) in [5.74, 6) is -0.449. The lowest BCUT2D eigenvalue weighted by Gasteiger charge is -2.18. The lowest BCUT2D eigenvalue weighted by molar-refractivity contribution is -0.124. The van der Waals surface area contributed by atoms with Crippen molar-refractivity contribution in [3.8, 4) is 0 Å². The SMILES string of the molecule is Cc1c(CNC(=O)C(C(N)=S)C(C)C)cnn1C. The van der Waals surface area contributed by atoms with Crippen LogP contribution in [0.25, 0.3) is 0 Å². The van der Waals surface area contributed by atoms with E-state index >= 15 is 0 Å². The summed E-state index contributed by atoms with van der Waals surface area (Å²) < 4.78 is 1.77. The predicted octanol–water partition coefficient (Wildman–Crippen LogP) is 0.903. The number of nitrogens with one attached hydrogen (secondary N) is 1. The van der Waals surface area contributed by atoms with Crippen LogP contribution in [0.2, 0.25) is 0 Å². The van der Waals surface area contributed by atoms with Crippen LogP contribution >= 0.6 is 12.2 Å². The summed E-state index contributed by atoms with van der Waals surface area (Å²) in [6, 6.07) is 0. The Hall–Kier alpha value is -1.43. The van der Waals surface area contributed by atoms with Gasteiger partial charge in [-0.05, 0) is 12.8 Å². The Morgan fingerprint density at radius 2 is 2.22 bits per heavy atom. The van der Waals surface area contributed by atoms with E-state index in [2.05, 4.69) is 10.4 Å². The molecule has 0 aliphatic carbocycles. The van der Waals surface area contributed by atoms with Gasteiger partial charge in [0.25, 0.3) is 0 Å². The summed E-state index contributed by atoms with van der Waals surface area (Å²) in [7, 11) is 1.87. The van der Waals surface area contributed by atoms with Crippen LogP contribution in [-0.2, 0) is 18.4 Å². The molecule has 0 aliphatic heterocycles. The van der Waals surface area contributed by atoms with Crippen LogP contribution in [0.1, 0.15) is 25.1 Å². The van der Waals surface area contributed by atoms with Gasteiger partial charge in [-0.3, -0.25) is 9.48 Å². The first-order valence-corrected chi connectivity index (χ1v) is 6.30. The Bertz CT molecular complexity index is 453. The third kappa shape index (κ3) is 3.29. The molecule has 0 aliphatic rings. The molecule has 0 radical (unpaired) electrons. The van der Waals surface area contributed by atoms with Gasteiger partial charge < -0.3 is 11.1 Å². The second-order valence-corrected chi connectivity index (χ2v) is 5.19. The molecule has 0 saturated carbocycles. The normalized spacial score (nSPS) is 12.5. The van der Waals surface area contributed by atoms with Gasteiger partial charge in [0.2, 0.25) is 5.91 Å². The maximum absolute atomic E-state index is 12.0. The van der Waals surface area contributed by atoms with Crippen molar-refractivity contribution >= 4 is 23.1 Å². The van der Waals surface area contributed by atoms with E-state index in [4.69, 9.17) is 18.0 Å². The van der Waals surface area contributed by atoms with Gasteiger partial charge >= 0.3 is 0 Å². The molecule has 1 amide bonds. The second kappa shape index (κ2) is 5.95. The minimum atomic E-state index is -0.419. The van der Waals surface area contributed by atoms with Crippen molar-refractivity contribution in [3.05, 3.63) is 17.5 Å². The number of nitrogens with zero attached hydrogens (tertiary/aromatic N) is 2. The Balaban J connectivity index is 2.65. The van der Waals surface area contributed by atoms with Crippen molar-refractivity contribution in [1.29, 1.82) is 0 Å². The zero-order valence-electron chi connectivity index (χ0n) is 11.2. The molecule has 0 saturated heterocycles. The van der Waals surface area contributed by atoms with Gasteiger partial charge in [0.1, 0.15) is 0 Å². The molecule has 0 fully saturated rings.